The first-order valence-electron chi connectivity index (χ1n) is 6.17. The maximum absolute atomic E-state index is 5.79. The standard InChI is InChI=1S/C14H18N2OS/c1-2-16-12(8-14-9-15-11-18-14)10-17-13-6-4-3-5-7-13/h3-7,9,11-12,16H,2,8,10H2,1H3. The lowest BCUT2D eigenvalue weighted by Gasteiger charge is -2.17. The summed E-state index contributed by atoms with van der Waals surface area (Å²) in [5, 5.41) is 3.45. The zero-order valence-electron chi connectivity index (χ0n) is 10.5. The summed E-state index contributed by atoms with van der Waals surface area (Å²) in [6, 6.07) is 10.3. The molecule has 1 N–H and O–H groups in total. The van der Waals surface area contributed by atoms with Gasteiger partial charge in [0.15, 0.2) is 0 Å². The van der Waals surface area contributed by atoms with Crippen LogP contribution in [0, 0.1) is 0 Å². The topological polar surface area (TPSA) is 34.1 Å². The van der Waals surface area contributed by atoms with Gasteiger partial charge in [0, 0.05) is 23.5 Å². The average Bonchev–Trinajstić information content (AvgIpc) is 2.90. The van der Waals surface area contributed by atoms with Gasteiger partial charge >= 0.3 is 0 Å². The van der Waals surface area contributed by atoms with E-state index >= 15 is 0 Å². The van der Waals surface area contributed by atoms with Gasteiger partial charge in [0.1, 0.15) is 12.4 Å². The lowest BCUT2D eigenvalue weighted by Crippen LogP contribution is -2.36. The Labute approximate surface area is 112 Å². The fraction of sp³-hybridized carbons (Fsp3) is 0.357. The first-order valence-corrected chi connectivity index (χ1v) is 7.05. The van der Waals surface area contributed by atoms with Crippen LogP contribution in [0.1, 0.15) is 11.8 Å². The third-order valence-electron chi connectivity index (χ3n) is 2.62. The van der Waals surface area contributed by atoms with Crippen LogP contribution < -0.4 is 10.1 Å². The predicted octanol–water partition coefficient (Wildman–Crippen LogP) is 2.74. The molecule has 0 aliphatic carbocycles. The first kappa shape index (κ1) is 13.1. The molecule has 2 aromatic rings. The van der Waals surface area contributed by atoms with Gasteiger partial charge in [-0.2, -0.15) is 0 Å². The van der Waals surface area contributed by atoms with Gasteiger partial charge in [-0.05, 0) is 18.7 Å². The molecular formula is C14H18N2OS. The number of hydrogen-bond donors (Lipinski definition) is 1. The number of ether oxygens (including phenoxy) is 1. The molecule has 0 aliphatic heterocycles. The number of rotatable bonds is 7. The molecule has 1 heterocycles. The van der Waals surface area contributed by atoms with Crippen molar-refractivity contribution < 1.29 is 4.74 Å². The normalized spacial score (nSPS) is 12.3. The van der Waals surface area contributed by atoms with Gasteiger partial charge in [0.25, 0.3) is 0 Å². The van der Waals surface area contributed by atoms with Crippen molar-refractivity contribution in [2.45, 2.75) is 19.4 Å². The van der Waals surface area contributed by atoms with E-state index in [0.717, 1.165) is 18.7 Å². The maximum Gasteiger partial charge on any atom is 0.119 e. The Hall–Kier alpha value is -1.39. The van der Waals surface area contributed by atoms with Gasteiger partial charge in [0.05, 0.1) is 5.51 Å². The summed E-state index contributed by atoms with van der Waals surface area (Å²) in [5.74, 6) is 0.921. The van der Waals surface area contributed by atoms with Crippen molar-refractivity contribution in [2.75, 3.05) is 13.2 Å². The van der Waals surface area contributed by atoms with Gasteiger partial charge in [-0.1, -0.05) is 25.1 Å². The van der Waals surface area contributed by atoms with E-state index < -0.39 is 0 Å². The molecule has 0 spiro atoms. The Balaban J connectivity index is 1.86. The summed E-state index contributed by atoms with van der Waals surface area (Å²) in [5.41, 5.74) is 1.87. The van der Waals surface area contributed by atoms with Crippen LogP contribution in [-0.4, -0.2) is 24.2 Å². The van der Waals surface area contributed by atoms with Crippen LogP contribution in [0.3, 0.4) is 0 Å². The van der Waals surface area contributed by atoms with Crippen LogP contribution in [0.25, 0.3) is 0 Å². The van der Waals surface area contributed by atoms with Gasteiger partial charge < -0.3 is 10.1 Å². The summed E-state index contributed by atoms with van der Waals surface area (Å²) >= 11 is 1.69. The second kappa shape index (κ2) is 7.13. The largest absolute Gasteiger partial charge is 0.492 e. The minimum Gasteiger partial charge on any atom is -0.492 e. The zero-order chi connectivity index (χ0) is 12.6. The van der Waals surface area contributed by atoms with Crippen molar-refractivity contribution in [3.63, 3.8) is 0 Å². The average molecular weight is 262 g/mol. The number of para-hydroxylation sites is 1. The van der Waals surface area contributed by atoms with E-state index in [1.807, 2.05) is 42.0 Å². The van der Waals surface area contributed by atoms with Crippen LogP contribution in [0.2, 0.25) is 0 Å². The monoisotopic (exact) mass is 262 g/mol. The fourth-order valence-electron chi connectivity index (χ4n) is 1.78. The van der Waals surface area contributed by atoms with E-state index in [1.165, 1.54) is 4.88 Å². The second-order valence-electron chi connectivity index (χ2n) is 4.05. The summed E-state index contributed by atoms with van der Waals surface area (Å²) < 4.78 is 5.79. The van der Waals surface area contributed by atoms with E-state index in [2.05, 4.69) is 17.2 Å². The van der Waals surface area contributed by atoms with Crippen molar-refractivity contribution in [3.05, 3.63) is 46.9 Å². The molecule has 0 aliphatic rings. The highest BCUT2D eigenvalue weighted by Gasteiger charge is 2.10. The van der Waals surface area contributed by atoms with Crippen molar-refractivity contribution in [3.8, 4) is 5.75 Å². The molecule has 1 aromatic carbocycles. The summed E-state index contributed by atoms with van der Waals surface area (Å²) in [6.07, 6.45) is 2.89. The quantitative estimate of drug-likeness (QED) is 0.833. The number of aromatic nitrogens is 1. The van der Waals surface area contributed by atoms with Crippen LogP contribution >= 0.6 is 11.3 Å². The third-order valence-corrected chi connectivity index (χ3v) is 3.42. The van der Waals surface area contributed by atoms with E-state index in [4.69, 9.17) is 4.74 Å². The van der Waals surface area contributed by atoms with Crippen LogP contribution in [0.15, 0.2) is 42.0 Å². The number of hydrogen-bond acceptors (Lipinski definition) is 4. The van der Waals surface area contributed by atoms with Crippen LogP contribution in [0.4, 0.5) is 0 Å². The van der Waals surface area contributed by atoms with Crippen molar-refractivity contribution in [2.24, 2.45) is 0 Å². The van der Waals surface area contributed by atoms with Crippen LogP contribution in [-0.2, 0) is 6.42 Å². The molecule has 4 heteroatoms. The molecule has 0 amide bonds. The second-order valence-corrected chi connectivity index (χ2v) is 5.02. The van der Waals surface area contributed by atoms with Gasteiger partial charge in [0.2, 0.25) is 0 Å². The van der Waals surface area contributed by atoms with Crippen LogP contribution in [0.5, 0.6) is 5.75 Å². The first-order chi connectivity index (χ1) is 8.88. The van der Waals surface area contributed by atoms with E-state index in [1.54, 1.807) is 11.3 Å². The van der Waals surface area contributed by atoms with Gasteiger partial charge in [-0.25, -0.2) is 0 Å². The summed E-state index contributed by atoms with van der Waals surface area (Å²) in [6.45, 7) is 3.74. The van der Waals surface area contributed by atoms with E-state index in [0.29, 0.717) is 12.6 Å². The number of nitrogens with zero attached hydrogens (tertiary/aromatic N) is 1. The highest BCUT2D eigenvalue weighted by atomic mass is 32.1. The highest BCUT2D eigenvalue weighted by Crippen LogP contribution is 2.12. The maximum atomic E-state index is 5.79. The minimum absolute atomic E-state index is 0.329. The summed E-state index contributed by atoms with van der Waals surface area (Å²) in [7, 11) is 0. The van der Waals surface area contributed by atoms with E-state index in [-0.39, 0.29) is 0 Å². The van der Waals surface area contributed by atoms with Gasteiger partial charge in [-0.15, -0.1) is 11.3 Å². The predicted molar refractivity (Wildman–Crippen MR) is 75.2 cm³/mol. The van der Waals surface area contributed by atoms with Crippen molar-refractivity contribution in [1.82, 2.24) is 10.3 Å². The Morgan fingerprint density at radius 1 is 1.33 bits per heavy atom. The third kappa shape index (κ3) is 4.13. The molecule has 0 saturated heterocycles. The zero-order valence-corrected chi connectivity index (χ0v) is 11.3. The molecule has 2 rings (SSSR count). The molecule has 0 bridgehead atoms. The van der Waals surface area contributed by atoms with Gasteiger partial charge in [-0.3, -0.25) is 4.98 Å². The smallest absolute Gasteiger partial charge is 0.119 e. The Morgan fingerprint density at radius 3 is 2.83 bits per heavy atom. The molecule has 1 unspecified atom stereocenters. The number of likely N-dealkylation sites (N-methyl/N-ethyl adjacent to an activating group) is 1. The molecular weight excluding hydrogens is 244 g/mol. The fourth-order valence-corrected chi connectivity index (χ4v) is 2.45. The molecule has 96 valence electrons. The molecule has 1 aromatic heterocycles. The Kier molecular flexibility index (Phi) is 5.17. The number of benzene rings is 1. The minimum atomic E-state index is 0.329. The lowest BCUT2D eigenvalue weighted by atomic mass is 10.2. The van der Waals surface area contributed by atoms with Crippen molar-refractivity contribution >= 4 is 11.3 Å². The molecule has 3 nitrogen and oxygen atoms in total. The number of nitrogens with one attached hydrogen (secondary N) is 1. The Morgan fingerprint density at radius 2 is 2.17 bits per heavy atom. The summed E-state index contributed by atoms with van der Waals surface area (Å²) in [4.78, 5) is 5.39. The lowest BCUT2D eigenvalue weighted by molar-refractivity contribution is 0.265. The molecule has 0 radical (unpaired) electrons. The molecule has 0 saturated carbocycles. The SMILES string of the molecule is CCNC(COc1ccccc1)Cc1cncs1. The Bertz CT molecular complexity index is 430. The molecule has 1 atom stereocenters. The van der Waals surface area contributed by atoms with E-state index in [9.17, 15) is 0 Å². The highest BCUT2D eigenvalue weighted by molar-refractivity contribution is 7.09. The van der Waals surface area contributed by atoms with Crippen molar-refractivity contribution in [1.29, 1.82) is 0 Å². The number of thiazole rings is 1. The molecule has 18 heavy (non-hydrogen) atoms. The molecule has 0 fully saturated rings.